The van der Waals surface area contributed by atoms with Gasteiger partial charge in [-0.2, -0.15) is 0 Å². The second-order valence-electron chi connectivity index (χ2n) is 5.93. The van der Waals surface area contributed by atoms with Gasteiger partial charge in [-0.1, -0.05) is 30.0 Å². The molecule has 3 rings (SSSR count). The molecule has 0 radical (unpaired) electrons. The van der Waals surface area contributed by atoms with Gasteiger partial charge >= 0.3 is 0 Å². The Bertz CT molecular complexity index is 729. The van der Waals surface area contributed by atoms with Crippen LogP contribution < -0.4 is 5.32 Å². The molecule has 7 heteroatoms. The van der Waals surface area contributed by atoms with Crippen LogP contribution in [0, 0.1) is 5.82 Å². The van der Waals surface area contributed by atoms with Crippen LogP contribution >= 0.6 is 11.8 Å². The Labute approximate surface area is 145 Å². The summed E-state index contributed by atoms with van der Waals surface area (Å²) in [5.41, 5.74) is 0.482. The minimum Gasteiger partial charge on any atom is -0.351 e. The van der Waals surface area contributed by atoms with E-state index in [-0.39, 0.29) is 23.5 Å². The highest BCUT2D eigenvalue weighted by atomic mass is 32.2. The van der Waals surface area contributed by atoms with Crippen molar-refractivity contribution in [2.45, 2.75) is 56.1 Å². The van der Waals surface area contributed by atoms with Gasteiger partial charge in [-0.05, 0) is 32.8 Å². The number of hydrogen-bond acceptors (Lipinski definition) is 4. The minimum absolute atomic E-state index is 0.137. The van der Waals surface area contributed by atoms with E-state index in [1.165, 1.54) is 30.7 Å². The summed E-state index contributed by atoms with van der Waals surface area (Å²) in [6.45, 7) is 4.87. The third-order valence-electron chi connectivity index (χ3n) is 4.07. The third kappa shape index (κ3) is 3.77. The minimum atomic E-state index is -0.321. The quantitative estimate of drug-likeness (QED) is 0.781. The van der Waals surface area contributed by atoms with Gasteiger partial charge in [0.05, 0.1) is 5.25 Å². The Morgan fingerprint density at radius 2 is 2.17 bits per heavy atom. The number of nitrogens with one attached hydrogen (secondary N) is 1. The molecule has 0 bridgehead atoms. The van der Waals surface area contributed by atoms with Gasteiger partial charge in [0, 0.05) is 24.6 Å². The van der Waals surface area contributed by atoms with Gasteiger partial charge in [-0.15, -0.1) is 10.2 Å². The Morgan fingerprint density at radius 3 is 2.83 bits per heavy atom. The Morgan fingerprint density at radius 1 is 1.42 bits per heavy atom. The van der Waals surface area contributed by atoms with E-state index in [0.29, 0.717) is 11.5 Å². The summed E-state index contributed by atoms with van der Waals surface area (Å²) < 4.78 is 15.7. The van der Waals surface area contributed by atoms with Crippen LogP contribution in [0.1, 0.15) is 44.0 Å². The average molecular weight is 348 g/mol. The van der Waals surface area contributed by atoms with Crippen molar-refractivity contribution in [3.05, 3.63) is 41.5 Å². The van der Waals surface area contributed by atoms with Crippen molar-refractivity contribution in [1.29, 1.82) is 0 Å². The molecule has 1 atom stereocenters. The maximum absolute atomic E-state index is 13.6. The van der Waals surface area contributed by atoms with Crippen LogP contribution in [-0.4, -0.2) is 25.9 Å². The fourth-order valence-corrected chi connectivity index (χ4v) is 3.45. The summed E-state index contributed by atoms with van der Waals surface area (Å²) in [5, 5.41) is 11.7. The van der Waals surface area contributed by atoms with E-state index >= 15 is 0 Å². The van der Waals surface area contributed by atoms with Gasteiger partial charge in [0.15, 0.2) is 5.16 Å². The highest BCUT2D eigenvalue weighted by molar-refractivity contribution is 8.00. The zero-order valence-corrected chi connectivity index (χ0v) is 14.6. The number of carbonyl (C=O) groups is 1. The number of amides is 1. The van der Waals surface area contributed by atoms with Crippen molar-refractivity contribution in [3.63, 3.8) is 0 Å². The number of aromatic nitrogens is 3. The van der Waals surface area contributed by atoms with E-state index in [0.717, 1.165) is 17.5 Å². The first-order valence-corrected chi connectivity index (χ1v) is 9.09. The number of benzene rings is 1. The van der Waals surface area contributed by atoms with Crippen LogP contribution in [0.4, 0.5) is 4.39 Å². The predicted octanol–water partition coefficient (Wildman–Crippen LogP) is 3.11. The number of carbonyl (C=O) groups excluding carboxylic acids is 1. The molecule has 1 heterocycles. The number of halogens is 1. The second kappa shape index (κ2) is 7.34. The van der Waals surface area contributed by atoms with E-state index in [1.54, 1.807) is 18.2 Å². The number of rotatable bonds is 7. The molecule has 1 aromatic heterocycles. The summed E-state index contributed by atoms with van der Waals surface area (Å²) in [7, 11) is 0. The lowest BCUT2D eigenvalue weighted by Crippen LogP contribution is -2.31. The summed E-state index contributed by atoms with van der Waals surface area (Å²) in [4.78, 5) is 12.3. The zero-order valence-electron chi connectivity index (χ0n) is 13.8. The lowest BCUT2D eigenvalue weighted by Gasteiger charge is -2.13. The molecule has 2 aromatic rings. The molecule has 0 saturated heterocycles. The fraction of sp³-hybridized carbons (Fsp3) is 0.471. The summed E-state index contributed by atoms with van der Waals surface area (Å²) in [6, 6.07) is 6.45. The van der Waals surface area contributed by atoms with Gasteiger partial charge in [-0.3, -0.25) is 4.79 Å². The molecule has 1 N–H and O–H groups in total. The first-order valence-electron chi connectivity index (χ1n) is 8.21. The maximum atomic E-state index is 13.6. The monoisotopic (exact) mass is 348 g/mol. The van der Waals surface area contributed by atoms with Crippen molar-refractivity contribution < 1.29 is 9.18 Å². The van der Waals surface area contributed by atoms with Gasteiger partial charge in [0.2, 0.25) is 5.91 Å². The molecule has 1 unspecified atom stereocenters. The molecular weight excluding hydrogens is 327 g/mol. The molecule has 1 aliphatic rings. The average Bonchev–Trinajstić information content (AvgIpc) is 3.35. The Hall–Kier alpha value is -1.89. The summed E-state index contributed by atoms with van der Waals surface area (Å²) >= 11 is 1.39. The Kier molecular flexibility index (Phi) is 5.18. The molecule has 1 aliphatic carbocycles. The van der Waals surface area contributed by atoms with Crippen LogP contribution in [-0.2, 0) is 17.9 Å². The number of hydrogen-bond donors (Lipinski definition) is 1. The first-order chi connectivity index (χ1) is 11.6. The van der Waals surface area contributed by atoms with E-state index < -0.39 is 0 Å². The van der Waals surface area contributed by atoms with E-state index in [4.69, 9.17) is 0 Å². The standard InChI is InChI=1S/C17H21FN4OS/c1-3-22-15(12-8-9-12)20-21-17(22)24-11(2)16(23)19-10-13-6-4-5-7-14(13)18/h4-7,11-12H,3,8-10H2,1-2H3,(H,19,23). The van der Waals surface area contributed by atoms with E-state index in [2.05, 4.69) is 27.0 Å². The van der Waals surface area contributed by atoms with Crippen LogP contribution in [0.5, 0.6) is 0 Å². The van der Waals surface area contributed by atoms with E-state index in [1.807, 2.05) is 6.92 Å². The maximum Gasteiger partial charge on any atom is 0.233 e. The van der Waals surface area contributed by atoms with Gasteiger partial charge in [0.25, 0.3) is 0 Å². The number of nitrogens with zero attached hydrogens (tertiary/aromatic N) is 3. The zero-order chi connectivity index (χ0) is 17.1. The van der Waals surface area contributed by atoms with Crippen LogP contribution in [0.15, 0.2) is 29.4 Å². The predicted molar refractivity (Wildman–Crippen MR) is 91.2 cm³/mol. The third-order valence-corrected chi connectivity index (χ3v) is 5.15. The lowest BCUT2D eigenvalue weighted by atomic mass is 10.2. The summed E-state index contributed by atoms with van der Waals surface area (Å²) in [6.07, 6.45) is 2.34. The molecule has 5 nitrogen and oxygen atoms in total. The largest absolute Gasteiger partial charge is 0.351 e. The number of thioether (sulfide) groups is 1. The van der Waals surface area contributed by atoms with Crippen molar-refractivity contribution >= 4 is 17.7 Å². The SMILES string of the molecule is CCn1c(SC(C)C(=O)NCc2ccccc2F)nnc1C1CC1. The highest BCUT2D eigenvalue weighted by Gasteiger charge is 2.30. The molecule has 1 fully saturated rings. The topological polar surface area (TPSA) is 59.8 Å². The molecule has 0 aliphatic heterocycles. The van der Waals surface area contributed by atoms with Crippen molar-refractivity contribution in [2.24, 2.45) is 0 Å². The van der Waals surface area contributed by atoms with Gasteiger partial charge in [0.1, 0.15) is 11.6 Å². The van der Waals surface area contributed by atoms with Crippen LogP contribution in [0.25, 0.3) is 0 Å². The van der Waals surface area contributed by atoms with Crippen molar-refractivity contribution in [1.82, 2.24) is 20.1 Å². The summed E-state index contributed by atoms with van der Waals surface area (Å²) in [5.74, 6) is 1.11. The molecule has 0 spiro atoms. The molecule has 128 valence electrons. The second-order valence-corrected chi connectivity index (χ2v) is 7.24. The van der Waals surface area contributed by atoms with E-state index in [9.17, 15) is 9.18 Å². The van der Waals surface area contributed by atoms with Crippen LogP contribution in [0.3, 0.4) is 0 Å². The van der Waals surface area contributed by atoms with Crippen molar-refractivity contribution in [3.8, 4) is 0 Å². The smallest absolute Gasteiger partial charge is 0.233 e. The molecule has 1 aromatic carbocycles. The van der Waals surface area contributed by atoms with Crippen LogP contribution in [0.2, 0.25) is 0 Å². The Balaban J connectivity index is 1.59. The highest BCUT2D eigenvalue weighted by Crippen LogP contribution is 2.40. The lowest BCUT2D eigenvalue weighted by molar-refractivity contribution is -0.120. The normalized spacial score (nSPS) is 15.3. The molecule has 1 saturated carbocycles. The molecule has 24 heavy (non-hydrogen) atoms. The van der Waals surface area contributed by atoms with Gasteiger partial charge in [-0.25, -0.2) is 4.39 Å². The van der Waals surface area contributed by atoms with Crippen molar-refractivity contribution in [2.75, 3.05) is 0 Å². The molecule has 1 amide bonds. The first kappa shape index (κ1) is 17.0. The van der Waals surface area contributed by atoms with Gasteiger partial charge < -0.3 is 9.88 Å². The molecular formula is C17H21FN4OS. The fourth-order valence-electron chi connectivity index (χ4n) is 2.51.